The van der Waals surface area contributed by atoms with Gasteiger partial charge in [-0.3, -0.25) is 14.9 Å². The number of nitro benzene ring substituents is 1. The van der Waals surface area contributed by atoms with E-state index in [1.54, 1.807) is 0 Å². The maximum atomic E-state index is 11.6. The van der Waals surface area contributed by atoms with Crippen molar-refractivity contribution in [1.29, 1.82) is 0 Å². The summed E-state index contributed by atoms with van der Waals surface area (Å²) in [6.45, 7) is 2.35. The lowest BCUT2D eigenvalue weighted by molar-refractivity contribution is -0.384. The minimum Gasteiger partial charge on any atom is -0.500 e. The van der Waals surface area contributed by atoms with E-state index in [4.69, 9.17) is 4.74 Å². The zero-order chi connectivity index (χ0) is 14.7. The van der Waals surface area contributed by atoms with Crippen LogP contribution in [-0.2, 0) is 0 Å². The number of pyridine rings is 1. The monoisotopic (exact) mass is 278 g/mol. The molecule has 1 heterocycles. The summed E-state index contributed by atoms with van der Waals surface area (Å²) in [5, 5.41) is 20.9. The van der Waals surface area contributed by atoms with E-state index in [0.717, 1.165) is 12.8 Å². The number of aromatic nitrogens is 1. The van der Waals surface area contributed by atoms with Gasteiger partial charge in [0.1, 0.15) is 0 Å². The van der Waals surface area contributed by atoms with Gasteiger partial charge in [0.15, 0.2) is 5.75 Å². The molecule has 0 bridgehead atoms. The second-order valence-electron chi connectivity index (χ2n) is 4.32. The molecule has 0 fully saturated rings. The number of non-ortho nitro benzene ring substituents is 1. The Labute approximate surface area is 114 Å². The molecule has 2 N–H and O–H groups in total. The van der Waals surface area contributed by atoms with Crippen LogP contribution in [0.5, 0.6) is 11.5 Å². The average Bonchev–Trinajstić information content (AvgIpc) is 2.42. The average molecular weight is 278 g/mol. The summed E-state index contributed by atoms with van der Waals surface area (Å²) >= 11 is 0. The standard InChI is InChI=1S/C13H14N2O5/c1-2-3-6-20-12-9-5-4-8(15(18)19)7-10(9)14-13(17)11(12)16/h4-5,7,16H,2-3,6H2,1H3,(H,14,17). The molecule has 0 atom stereocenters. The molecule has 0 radical (unpaired) electrons. The van der Waals surface area contributed by atoms with Crippen LogP contribution in [0, 0.1) is 10.1 Å². The fraction of sp³-hybridized carbons (Fsp3) is 0.308. The largest absolute Gasteiger partial charge is 0.500 e. The third kappa shape index (κ3) is 2.56. The first-order chi connectivity index (χ1) is 9.54. The number of hydrogen-bond acceptors (Lipinski definition) is 5. The Morgan fingerprint density at radius 2 is 2.20 bits per heavy atom. The van der Waals surface area contributed by atoms with Crippen molar-refractivity contribution in [3.05, 3.63) is 38.7 Å². The molecular weight excluding hydrogens is 264 g/mol. The van der Waals surface area contributed by atoms with Gasteiger partial charge in [-0.2, -0.15) is 0 Å². The summed E-state index contributed by atoms with van der Waals surface area (Å²) in [5.41, 5.74) is -0.614. The lowest BCUT2D eigenvalue weighted by atomic mass is 10.1. The molecule has 0 saturated carbocycles. The first-order valence-corrected chi connectivity index (χ1v) is 6.20. The van der Waals surface area contributed by atoms with E-state index < -0.39 is 16.2 Å². The van der Waals surface area contributed by atoms with Gasteiger partial charge in [0.2, 0.25) is 5.75 Å². The summed E-state index contributed by atoms with van der Waals surface area (Å²) in [6, 6.07) is 3.99. The Hall–Kier alpha value is -2.57. The molecule has 0 spiro atoms. The molecule has 0 aliphatic heterocycles. The highest BCUT2D eigenvalue weighted by Gasteiger charge is 2.15. The lowest BCUT2D eigenvalue weighted by Crippen LogP contribution is -2.09. The van der Waals surface area contributed by atoms with Crippen LogP contribution in [-0.4, -0.2) is 21.6 Å². The minimum absolute atomic E-state index is 0.0621. The van der Waals surface area contributed by atoms with Crippen LogP contribution < -0.4 is 10.3 Å². The number of hydrogen-bond donors (Lipinski definition) is 2. The van der Waals surface area contributed by atoms with Crippen LogP contribution in [0.4, 0.5) is 5.69 Å². The number of aromatic hydroxyl groups is 1. The highest BCUT2D eigenvalue weighted by Crippen LogP contribution is 2.32. The Morgan fingerprint density at radius 3 is 2.85 bits per heavy atom. The Balaban J connectivity index is 2.56. The van der Waals surface area contributed by atoms with Gasteiger partial charge in [-0.05, 0) is 12.5 Å². The fourth-order valence-electron chi connectivity index (χ4n) is 1.82. The number of nitrogens with zero attached hydrogens (tertiary/aromatic N) is 1. The predicted molar refractivity (Wildman–Crippen MR) is 73.3 cm³/mol. The van der Waals surface area contributed by atoms with Crippen molar-refractivity contribution >= 4 is 16.6 Å². The SMILES string of the molecule is CCCCOc1c(O)c(=O)[nH]c2cc([N+](=O)[O-])ccc12. The van der Waals surface area contributed by atoms with Crippen LogP contribution in [0.15, 0.2) is 23.0 Å². The molecule has 1 aromatic carbocycles. The summed E-state index contributed by atoms with van der Waals surface area (Å²) in [5.74, 6) is -0.449. The Morgan fingerprint density at radius 1 is 1.45 bits per heavy atom. The van der Waals surface area contributed by atoms with Gasteiger partial charge < -0.3 is 14.8 Å². The summed E-state index contributed by atoms with van der Waals surface area (Å²) in [4.78, 5) is 24.2. The van der Waals surface area contributed by atoms with Crippen LogP contribution in [0.1, 0.15) is 19.8 Å². The van der Waals surface area contributed by atoms with Crippen LogP contribution in [0.2, 0.25) is 0 Å². The second kappa shape index (κ2) is 5.60. The molecule has 0 unspecified atom stereocenters. The number of unbranched alkanes of at least 4 members (excludes halogenated alkanes) is 1. The summed E-state index contributed by atoms with van der Waals surface area (Å²) in [7, 11) is 0. The van der Waals surface area contributed by atoms with E-state index in [2.05, 4.69) is 4.98 Å². The van der Waals surface area contributed by atoms with Gasteiger partial charge >= 0.3 is 0 Å². The van der Waals surface area contributed by atoms with Crippen LogP contribution in [0.3, 0.4) is 0 Å². The molecule has 0 saturated heterocycles. The van der Waals surface area contributed by atoms with Gasteiger partial charge in [0, 0.05) is 17.5 Å². The number of nitro groups is 1. The maximum absolute atomic E-state index is 11.6. The maximum Gasteiger partial charge on any atom is 0.294 e. The normalized spacial score (nSPS) is 10.7. The molecule has 7 heteroatoms. The predicted octanol–water partition coefficient (Wildman–Crippen LogP) is 2.32. The molecule has 106 valence electrons. The van der Waals surface area contributed by atoms with Crippen molar-refractivity contribution in [2.45, 2.75) is 19.8 Å². The number of fused-ring (bicyclic) bond motifs is 1. The topological polar surface area (TPSA) is 105 Å². The highest BCUT2D eigenvalue weighted by atomic mass is 16.6. The number of ether oxygens (including phenoxy) is 1. The molecule has 2 aromatic rings. The third-order valence-electron chi connectivity index (χ3n) is 2.88. The van der Waals surface area contributed by atoms with Crippen molar-refractivity contribution in [2.75, 3.05) is 6.61 Å². The Bertz CT molecular complexity index is 708. The van der Waals surface area contributed by atoms with E-state index >= 15 is 0 Å². The highest BCUT2D eigenvalue weighted by molar-refractivity contribution is 5.88. The zero-order valence-electron chi connectivity index (χ0n) is 10.9. The fourth-order valence-corrected chi connectivity index (χ4v) is 1.82. The first-order valence-electron chi connectivity index (χ1n) is 6.20. The van der Waals surface area contributed by atoms with Crippen LogP contribution >= 0.6 is 0 Å². The molecule has 7 nitrogen and oxygen atoms in total. The number of benzene rings is 1. The van der Waals surface area contributed by atoms with E-state index in [1.165, 1.54) is 18.2 Å². The second-order valence-corrected chi connectivity index (χ2v) is 4.32. The van der Waals surface area contributed by atoms with Crippen molar-refractivity contribution < 1.29 is 14.8 Å². The number of aromatic amines is 1. The summed E-state index contributed by atoms with van der Waals surface area (Å²) < 4.78 is 5.43. The van der Waals surface area contributed by atoms with Crippen molar-refractivity contribution in [3.8, 4) is 11.5 Å². The zero-order valence-corrected chi connectivity index (χ0v) is 10.9. The van der Waals surface area contributed by atoms with Crippen molar-refractivity contribution in [2.24, 2.45) is 0 Å². The smallest absolute Gasteiger partial charge is 0.294 e. The van der Waals surface area contributed by atoms with Crippen molar-refractivity contribution in [1.82, 2.24) is 4.98 Å². The molecule has 0 amide bonds. The molecule has 0 aliphatic carbocycles. The molecule has 1 aromatic heterocycles. The van der Waals surface area contributed by atoms with E-state index in [0.29, 0.717) is 12.0 Å². The van der Waals surface area contributed by atoms with Crippen LogP contribution in [0.25, 0.3) is 10.9 Å². The van der Waals surface area contributed by atoms with Gasteiger partial charge in [-0.25, -0.2) is 0 Å². The van der Waals surface area contributed by atoms with E-state index in [-0.39, 0.29) is 17.0 Å². The molecule has 20 heavy (non-hydrogen) atoms. The number of H-pyrrole nitrogens is 1. The first kappa shape index (κ1) is 13.9. The van der Waals surface area contributed by atoms with Gasteiger partial charge in [0.05, 0.1) is 17.0 Å². The van der Waals surface area contributed by atoms with Gasteiger partial charge in [0.25, 0.3) is 11.2 Å². The van der Waals surface area contributed by atoms with E-state index in [9.17, 15) is 20.0 Å². The number of nitrogens with one attached hydrogen (secondary N) is 1. The molecular formula is C13H14N2O5. The van der Waals surface area contributed by atoms with Gasteiger partial charge in [-0.15, -0.1) is 0 Å². The Kier molecular flexibility index (Phi) is 3.88. The lowest BCUT2D eigenvalue weighted by Gasteiger charge is -2.10. The molecule has 0 aliphatic rings. The third-order valence-corrected chi connectivity index (χ3v) is 2.88. The summed E-state index contributed by atoms with van der Waals surface area (Å²) in [6.07, 6.45) is 1.69. The number of rotatable bonds is 5. The quantitative estimate of drug-likeness (QED) is 0.496. The van der Waals surface area contributed by atoms with E-state index in [1.807, 2.05) is 6.92 Å². The van der Waals surface area contributed by atoms with Gasteiger partial charge in [-0.1, -0.05) is 13.3 Å². The molecule has 2 rings (SSSR count). The minimum atomic E-state index is -0.732. The van der Waals surface area contributed by atoms with Crippen molar-refractivity contribution in [3.63, 3.8) is 0 Å².